The number of halogens is 1. The summed E-state index contributed by atoms with van der Waals surface area (Å²) in [5, 5.41) is 20.6. The van der Waals surface area contributed by atoms with E-state index in [1.54, 1.807) is 6.08 Å². The minimum Gasteiger partial charge on any atom is -0.461 e. The first-order chi connectivity index (χ1) is 16.8. The van der Waals surface area contributed by atoms with Crippen LogP contribution in [0.5, 0.6) is 0 Å². The molecule has 2 atom stereocenters. The smallest absolute Gasteiger partial charge is 0.308 e. The molecule has 1 aromatic heterocycles. The van der Waals surface area contributed by atoms with Crippen LogP contribution >= 0.6 is 0 Å². The minimum atomic E-state index is -3.65. The topological polar surface area (TPSA) is 130 Å². The van der Waals surface area contributed by atoms with E-state index in [-0.39, 0.29) is 31.3 Å². The van der Waals surface area contributed by atoms with Crippen LogP contribution in [-0.2, 0) is 19.6 Å². The van der Waals surface area contributed by atoms with E-state index < -0.39 is 34.0 Å². The number of anilines is 1. The zero-order chi connectivity index (χ0) is 27.0. The maximum Gasteiger partial charge on any atom is 0.308 e. The van der Waals surface area contributed by atoms with Crippen molar-refractivity contribution in [2.75, 3.05) is 24.2 Å². The summed E-state index contributed by atoms with van der Waals surface area (Å²) in [5.41, 5.74) is 1.87. The first-order valence-electron chi connectivity index (χ1n) is 11.3. The number of esters is 1. The number of benzene rings is 1. The summed E-state index contributed by atoms with van der Waals surface area (Å²) >= 11 is 0. The zero-order valence-electron chi connectivity index (χ0n) is 20.8. The summed E-state index contributed by atoms with van der Waals surface area (Å²) < 4.78 is 43.6. The molecule has 0 amide bonds. The lowest BCUT2D eigenvalue weighted by Crippen LogP contribution is -2.27. The van der Waals surface area contributed by atoms with E-state index in [2.05, 4.69) is 16.5 Å². The maximum absolute atomic E-state index is 13.6. The summed E-state index contributed by atoms with van der Waals surface area (Å²) in [5.74, 6) is -1.27. The number of hydrogen-bond acceptors (Lipinski definition) is 8. The average molecular weight is 522 g/mol. The highest BCUT2D eigenvalue weighted by atomic mass is 32.2. The molecule has 1 aromatic carbocycles. The fourth-order valence-electron chi connectivity index (χ4n) is 3.25. The van der Waals surface area contributed by atoms with Crippen molar-refractivity contribution in [1.82, 2.24) is 9.97 Å². The fourth-order valence-corrected chi connectivity index (χ4v) is 3.63. The van der Waals surface area contributed by atoms with Crippen molar-refractivity contribution in [1.29, 1.82) is 0 Å². The van der Waals surface area contributed by atoms with Crippen molar-refractivity contribution < 1.29 is 32.6 Å². The van der Waals surface area contributed by atoms with Crippen LogP contribution in [-0.4, -0.2) is 66.7 Å². The van der Waals surface area contributed by atoms with Crippen LogP contribution in [0.3, 0.4) is 0 Å². The van der Waals surface area contributed by atoms with Crippen LogP contribution < -0.4 is 4.31 Å². The quantitative estimate of drug-likeness (QED) is 0.322. The van der Waals surface area contributed by atoms with E-state index in [1.807, 2.05) is 13.8 Å². The predicted molar refractivity (Wildman–Crippen MR) is 136 cm³/mol. The fraction of sp³-hybridized carbons (Fsp3) is 0.400. The van der Waals surface area contributed by atoms with Gasteiger partial charge in [-0.05, 0) is 30.2 Å². The number of aliphatic hydroxyl groups is 2. The van der Waals surface area contributed by atoms with Crippen molar-refractivity contribution in [2.45, 2.75) is 44.8 Å². The molecule has 2 aromatic rings. The molecule has 0 bridgehead atoms. The molecular weight excluding hydrogens is 489 g/mol. The molecule has 1 heterocycles. The van der Waals surface area contributed by atoms with E-state index in [0.29, 0.717) is 22.5 Å². The molecule has 0 spiro atoms. The monoisotopic (exact) mass is 521 g/mol. The van der Waals surface area contributed by atoms with Gasteiger partial charge in [0.05, 0.1) is 36.3 Å². The number of carbonyl (C=O) groups is 1. The Kier molecular flexibility index (Phi) is 10.3. The average Bonchev–Trinajstić information content (AvgIpc) is 2.80. The largest absolute Gasteiger partial charge is 0.461 e. The van der Waals surface area contributed by atoms with Crippen molar-refractivity contribution in [3.63, 3.8) is 0 Å². The van der Waals surface area contributed by atoms with Gasteiger partial charge in [0.1, 0.15) is 12.4 Å². The van der Waals surface area contributed by atoms with Gasteiger partial charge >= 0.3 is 5.97 Å². The highest BCUT2D eigenvalue weighted by Gasteiger charge is 2.22. The van der Waals surface area contributed by atoms with Crippen molar-refractivity contribution >= 4 is 28.0 Å². The third-order valence-corrected chi connectivity index (χ3v) is 6.33. The summed E-state index contributed by atoms with van der Waals surface area (Å²) in [6, 6.07) is 5.55. The second kappa shape index (κ2) is 12.7. The van der Waals surface area contributed by atoms with Gasteiger partial charge in [-0.15, -0.1) is 0 Å². The van der Waals surface area contributed by atoms with Crippen molar-refractivity contribution in [3.8, 4) is 11.3 Å². The number of nitrogens with zero attached hydrogens (tertiary/aromatic N) is 3. The van der Waals surface area contributed by atoms with Gasteiger partial charge in [0.15, 0.2) is 0 Å². The summed E-state index contributed by atoms with van der Waals surface area (Å²) in [6.45, 7) is 7.21. The second-order valence-corrected chi connectivity index (χ2v) is 10.6. The molecule has 2 N–H and O–H groups in total. The van der Waals surface area contributed by atoms with Gasteiger partial charge in [0.2, 0.25) is 16.0 Å². The Morgan fingerprint density at radius 3 is 2.42 bits per heavy atom. The predicted octanol–water partition coefficient (Wildman–Crippen LogP) is 3.05. The Labute approximate surface area is 211 Å². The Morgan fingerprint density at radius 1 is 1.22 bits per heavy atom. The summed E-state index contributed by atoms with van der Waals surface area (Å²) in [7, 11) is -2.32. The Balaban J connectivity index is 2.47. The van der Waals surface area contributed by atoms with Crippen LogP contribution in [0.1, 0.15) is 43.9 Å². The first-order valence-corrected chi connectivity index (χ1v) is 13.1. The van der Waals surface area contributed by atoms with Crippen LogP contribution in [0.2, 0.25) is 0 Å². The van der Waals surface area contributed by atoms with E-state index in [4.69, 9.17) is 4.74 Å². The van der Waals surface area contributed by atoms with Crippen LogP contribution in [0.25, 0.3) is 17.3 Å². The van der Waals surface area contributed by atoms with Gasteiger partial charge in [-0.1, -0.05) is 38.7 Å². The molecular formula is C25H32FN3O6S. The van der Waals surface area contributed by atoms with Gasteiger partial charge in [0, 0.05) is 24.6 Å². The van der Waals surface area contributed by atoms with Gasteiger partial charge in [0.25, 0.3) is 0 Å². The van der Waals surface area contributed by atoms with Gasteiger partial charge in [-0.25, -0.2) is 27.1 Å². The maximum atomic E-state index is 13.6. The van der Waals surface area contributed by atoms with Crippen molar-refractivity contribution in [2.24, 2.45) is 0 Å². The molecule has 2 rings (SSSR count). The molecule has 0 aliphatic heterocycles. The number of hydrogen-bond donors (Lipinski definition) is 2. The molecule has 0 fully saturated rings. The molecule has 0 radical (unpaired) electrons. The normalized spacial score (nSPS) is 13.6. The number of rotatable bonds is 12. The third kappa shape index (κ3) is 8.21. The zero-order valence-corrected chi connectivity index (χ0v) is 21.6. The second-order valence-electron chi connectivity index (χ2n) is 8.56. The minimum absolute atomic E-state index is 0.0304. The van der Waals surface area contributed by atoms with Gasteiger partial charge in [-0.3, -0.25) is 4.79 Å². The van der Waals surface area contributed by atoms with E-state index in [1.165, 1.54) is 43.5 Å². The van der Waals surface area contributed by atoms with Gasteiger partial charge in [-0.2, -0.15) is 0 Å². The van der Waals surface area contributed by atoms with Gasteiger partial charge < -0.3 is 14.9 Å². The number of aliphatic hydroxyl groups excluding tert-OH is 2. The van der Waals surface area contributed by atoms with Crippen molar-refractivity contribution in [3.05, 3.63) is 60.1 Å². The first kappa shape index (κ1) is 29.1. The Bertz CT molecular complexity index is 1200. The van der Waals surface area contributed by atoms with E-state index in [9.17, 15) is 27.8 Å². The lowest BCUT2D eigenvalue weighted by Gasteiger charge is -2.20. The molecule has 9 nitrogen and oxygen atoms in total. The lowest BCUT2D eigenvalue weighted by molar-refractivity contribution is -0.144. The molecule has 0 aliphatic carbocycles. The number of aromatic nitrogens is 2. The third-order valence-electron chi connectivity index (χ3n) is 5.17. The van der Waals surface area contributed by atoms with Crippen LogP contribution in [0.15, 0.2) is 43.0 Å². The highest BCUT2D eigenvalue weighted by Crippen LogP contribution is 2.31. The van der Waals surface area contributed by atoms with Crippen LogP contribution in [0, 0.1) is 5.82 Å². The number of ether oxygens (including phenoxy) is 1. The van der Waals surface area contributed by atoms with E-state index >= 15 is 0 Å². The molecule has 2 unspecified atom stereocenters. The summed E-state index contributed by atoms with van der Waals surface area (Å²) in [6.07, 6.45) is 2.78. The number of carbonyl (C=O) groups excluding carboxylic acids is 1. The molecule has 0 aliphatic rings. The SMILES string of the molecule is C=CCOC(=O)CC(O)CC(O)C=Cc1c(-c2ccc(F)cc2)nc(N(C)S(C)(=O)=O)nc1C(C)C. The molecule has 11 heteroatoms. The Morgan fingerprint density at radius 2 is 1.86 bits per heavy atom. The lowest BCUT2D eigenvalue weighted by atomic mass is 9.97. The van der Waals surface area contributed by atoms with Crippen LogP contribution in [0.4, 0.5) is 10.3 Å². The highest BCUT2D eigenvalue weighted by molar-refractivity contribution is 7.92. The summed E-state index contributed by atoms with van der Waals surface area (Å²) in [4.78, 5) is 20.6. The Hall–Kier alpha value is -3.15. The molecule has 36 heavy (non-hydrogen) atoms. The van der Waals surface area contributed by atoms with E-state index in [0.717, 1.165) is 10.6 Å². The standard InChI is InChI=1S/C25H32FN3O6S/c1-6-13-35-22(32)15-20(31)14-19(30)11-12-21-23(16(2)3)27-25(29(4)36(5,33)34)28-24(21)17-7-9-18(26)10-8-17/h6-12,16,19-20,30-31H,1,13-15H2,2-5H3. The number of sulfonamides is 1. The molecule has 0 saturated heterocycles. The molecule has 0 saturated carbocycles. The molecule has 196 valence electrons.